The lowest BCUT2D eigenvalue weighted by Gasteiger charge is -2.36. The van der Waals surface area contributed by atoms with Gasteiger partial charge in [0.2, 0.25) is 10.0 Å². The van der Waals surface area contributed by atoms with Gasteiger partial charge in [-0.15, -0.1) is 0 Å². The molecule has 120 valence electrons. The highest BCUT2D eigenvalue weighted by atomic mass is 32.2. The Labute approximate surface area is 125 Å². The number of hydrogen-bond donors (Lipinski definition) is 1. The molecule has 1 fully saturated rings. The predicted octanol–water partition coefficient (Wildman–Crippen LogP) is 2.46. The van der Waals surface area contributed by atoms with Crippen molar-refractivity contribution in [2.45, 2.75) is 59.9 Å². The van der Waals surface area contributed by atoms with Crippen LogP contribution in [0, 0.1) is 11.3 Å². The van der Waals surface area contributed by atoms with Crippen LogP contribution in [-0.4, -0.2) is 44.2 Å². The van der Waals surface area contributed by atoms with Gasteiger partial charge >= 0.3 is 0 Å². The first-order valence-electron chi connectivity index (χ1n) is 7.82. The largest absolute Gasteiger partial charge is 0.315 e. The maximum atomic E-state index is 12.6. The van der Waals surface area contributed by atoms with E-state index in [4.69, 9.17) is 0 Å². The molecule has 1 unspecified atom stereocenters. The van der Waals surface area contributed by atoms with Gasteiger partial charge in [0, 0.05) is 19.1 Å². The van der Waals surface area contributed by atoms with Crippen LogP contribution in [0.3, 0.4) is 0 Å². The van der Waals surface area contributed by atoms with Crippen molar-refractivity contribution in [1.82, 2.24) is 9.62 Å². The van der Waals surface area contributed by atoms with Crippen molar-refractivity contribution < 1.29 is 8.42 Å². The van der Waals surface area contributed by atoms with Crippen molar-refractivity contribution in [3.05, 3.63) is 0 Å². The minimum Gasteiger partial charge on any atom is -0.315 e. The first kappa shape index (κ1) is 17.9. The van der Waals surface area contributed by atoms with Crippen molar-refractivity contribution in [2.75, 3.05) is 25.4 Å². The quantitative estimate of drug-likeness (QED) is 0.820. The van der Waals surface area contributed by atoms with E-state index in [1.807, 2.05) is 20.8 Å². The maximum Gasteiger partial charge on any atom is 0.214 e. The Morgan fingerprint density at radius 1 is 1.25 bits per heavy atom. The molecule has 4 nitrogen and oxygen atoms in total. The normalized spacial score (nSPS) is 22.4. The highest BCUT2D eigenvalue weighted by Crippen LogP contribution is 2.25. The summed E-state index contributed by atoms with van der Waals surface area (Å²) in [5.41, 5.74) is -0.188. The second-order valence-electron chi connectivity index (χ2n) is 7.63. The molecule has 0 radical (unpaired) electrons. The van der Waals surface area contributed by atoms with E-state index in [-0.39, 0.29) is 17.2 Å². The molecule has 0 spiro atoms. The number of rotatable bonds is 6. The molecule has 5 heteroatoms. The van der Waals surface area contributed by atoms with Crippen molar-refractivity contribution in [1.29, 1.82) is 0 Å². The third-order valence-electron chi connectivity index (χ3n) is 3.48. The fourth-order valence-corrected chi connectivity index (χ4v) is 5.01. The van der Waals surface area contributed by atoms with Gasteiger partial charge in [-0.05, 0) is 30.7 Å². The second kappa shape index (κ2) is 7.23. The van der Waals surface area contributed by atoms with Crippen LogP contribution < -0.4 is 5.32 Å². The van der Waals surface area contributed by atoms with Crippen molar-refractivity contribution >= 4 is 10.0 Å². The van der Waals surface area contributed by atoms with Gasteiger partial charge in [0.05, 0.1) is 5.75 Å². The molecule has 1 heterocycles. The average molecular weight is 305 g/mol. The molecule has 0 aromatic heterocycles. The van der Waals surface area contributed by atoms with Crippen molar-refractivity contribution in [3.63, 3.8) is 0 Å². The smallest absolute Gasteiger partial charge is 0.214 e. The Kier molecular flexibility index (Phi) is 6.48. The molecule has 20 heavy (non-hydrogen) atoms. The zero-order chi connectivity index (χ0) is 15.4. The topological polar surface area (TPSA) is 49.4 Å². The van der Waals surface area contributed by atoms with Crippen LogP contribution in [0.1, 0.15) is 53.9 Å². The first-order valence-corrected chi connectivity index (χ1v) is 9.43. The molecule has 1 rings (SSSR count). The summed E-state index contributed by atoms with van der Waals surface area (Å²) in [6.07, 6.45) is 3.11. The standard InChI is InChI=1S/C15H32N2O2S/c1-13(2)10-16-11-14-8-6-7-9-17(14)20(18,19)12-15(3,4)5/h13-14,16H,6-12H2,1-5H3. The fourth-order valence-electron chi connectivity index (χ4n) is 2.71. The Morgan fingerprint density at radius 3 is 2.45 bits per heavy atom. The van der Waals surface area contributed by atoms with Gasteiger partial charge in [-0.25, -0.2) is 8.42 Å². The zero-order valence-corrected chi connectivity index (χ0v) is 14.6. The Bertz CT molecular complexity index is 385. The number of piperidine rings is 1. The van der Waals surface area contributed by atoms with E-state index in [2.05, 4.69) is 19.2 Å². The van der Waals surface area contributed by atoms with Gasteiger partial charge in [-0.3, -0.25) is 0 Å². The van der Waals surface area contributed by atoms with Crippen LogP contribution in [-0.2, 0) is 10.0 Å². The molecule has 0 amide bonds. The van der Waals surface area contributed by atoms with Crippen LogP contribution in [0.25, 0.3) is 0 Å². The van der Waals surface area contributed by atoms with Crippen LogP contribution in [0.4, 0.5) is 0 Å². The van der Waals surface area contributed by atoms with Crippen LogP contribution in [0.5, 0.6) is 0 Å². The monoisotopic (exact) mass is 304 g/mol. The highest BCUT2D eigenvalue weighted by molar-refractivity contribution is 7.89. The van der Waals surface area contributed by atoms with Gasteiger partial charge in [0.1, 0.15) is 0 Å². The van der Waals surface area contributed by atoms with Crippen LogP contribution in [0.2, 0.25) is 0 Å². The number of nitrogens with one attached hydrogen (secondary N) is 1. The second-order valence-corrected chi connectivity index (χ2v) is 9.55. The van der Waals surface area contributed by atoms with E-state index in [9.17, 15) is 8.42 Å². The summed E-state index contributed by atoms with van der Waals surface area (Å²) in [6.45, 7) is 12.7. The Morgan fingerprint density at radius 2 is 1.90 bits per heavy atom. The first-order chi connectivity index (χ1) is 9.12. The van der Waals surface area contributed by atoms with Gasteiger partial charge < -0.3 is 5.32 Å². The maximum absolute atomic E-state index is 12.6. The lowest BCUT2D eigenvalue weighted by Crippen LogP contribution is -2.50. The number of hydrogen-bond acceptors (Lipinski definition) is 3. The summed E-state index contributed by atoms with van der Waals surface area (Å²) in [7, 11) is -3.15. The number of nitrogens with zero attached hydrogens (tertiary/aromatic N) is 1. The van der Waals surface area contributed by atoms with Gasteiger partial charge in [0.25, 0.3) is 0 Å². The Hall–Kier alpha value is -0.130. The molecule has 0 aromatic carbocycles. The molecule has 0 bridgehead atoms. The van der Waals surface area contributed by atoms with E-state index in [0.29, 0.717) is 12.5 Å². The van der Waals surface area contributed by atoms with Crippen molar-refractivity contribution in [3.8, 4) is 0 Å². The molecular formula is C15H32N2O2S. The molecule has 0 saturated carbocycles. The molecule has 1 saturated heterocycles. The summed E-state index contributed by atoms with van der Waals surface area (Å²) < 4.78 is 27.0. The van der Waals surface area contributed by atoms with E-state index >= 15 is 0 Å². The van der Waals surface area contributed by atoms with Gasteiger partial charge in [0.15, 0.2) is 0 Å². The SMILES string of the molecule is CC(C)CNCC1CCCCN1S(=O)(=O)CC(C)(C)C. The molecule has 1 atom stereocenters. The van der Waals surface area contributed by atoms with Crippen LogP contribution >= 0.6 is 0 Å². The average Bonchev–Trinajstić information content (AvgIpc) is 2.25. The van der Waals surface area contributed by atoms with E-state index in [1.54, 1.807) is 4.31 Å². The third kappa shape index (κ3) is 6.10. The molecule has 0 aliphatic carbocycles. The van der Waals surface area contributed by atoms with E-state index in [1.165, 1.54) is 0 Å². The third-order valence-corrected chi connectivity index (χ3v) is 5.90. The molecule has 1 aliphatic heterocycles. The predicted molar refractivity (Wildman–Crippen MR) is 85.3 cm³/mol. The number of sulfonamides is 1. The highest BCUT2D eigenvalue weighted by Gasteiger charge is 2.34. The Balaban J connectivity index is 2.68. The summed E-state index contributed by atoms with van der Waals surface area (Å²) in [5.74, 6) is 0.832. The van der Waals surface area contributed by atoms with Gasteiger partial charge in [-0.2, -0.15) is 4.31 Å². The van der Waals surface area contributed by atoms with E-state index in [0.717, 1.165) is 32.4 Å². The van der Waals surface area contributed by atoms with E-state index < -0.39 is 10.0 Å². The summed E-state index contributed by atoms with van der Waals surface area (Å²) >= 11 is 0. The van der Waals surface area contributed by atoms with Crippen molar-refractivity contribution in [2.24, 2.45) is 11.3 Å². The minimum atomic E-state index is -3.15. The molecular weight excluding hydrogens is 272 g/mol. The molecule has 1 aliphatic rings. The fraction of sp³-hybridized carbons (Fsp3) is 1.00. The summed E-state index contributed by atoms with van der Waals surface area (Å²) in [4.78, 5) is 0. The molecule has 1 N–H and O–H groups in total. The lowest BCUT2D eigenvalue weighted by atomic mass is 10.0. The lowest BCUT2D eigenvalue weighted by molar-refractivity contribution is 0.241. The minimum absolute atomic E-state index is 0.134. The molecule has 0 aromatic rings. The zero-order valence-electron chi connectivity index (χ0n) is 13.8. The van der Waals surface area contributed by atoms with Gasteiger partial charge in [-0.1, -0.05) is 41.0 Å². The van der Waals surface area contributed by atoms with Crippen LogP contribution in [0.15, 0.2) is 0 Å². The summed E-state index contributed by atoms with van der Waals surface area (Å²) in [5, 5.41) is 3.41. The summed E-state index contributed by atoms with van der Waals surface area (Å²) in [6, 6.07) is 0.134.